The number of hydrogen-bond donors (Lipinski definition) is 5. The van der Waals surface area contributed by atoms with Gasteiger partial charge in [-0.05, 0) is 55.5 Å². The molecule has 0 saturated heterocycles. The van der Waals surface area contributed by atoms with Crippen molar-refractivity contribution in [1.29, 1.82) is 0 Å². The Kier molecular flexibility index (Phi) is 10.9. The number of carbonyl (C=O) groups excluding carboxylic acids is 5. The molecule has 0 heterocycles. The van der Waals surface area contributed by atoms with E-state index >= 15 is 0 Å². The second-order valence-electron chi connectivity index (χ2n) is 15.7. The number of benzene rings is 2. The highest BCUT2D eigenvalue weighted by Gasteiger charge is 2.63. The third-order valence-electron chi connectivity index (χ3n) is 10.1. The zero-order valence-corrected chi connectivity index (χ0v) is 31.5. The first-order valence-electron chi connectivity index (χ1n) is 17.5. The number of Topliss-reactive ketones (excluding diaryl/α,β-unsaturated/α-hetero) is 2. The number of likely N-dealkylation sites (N-methyl/N-ethyl adjacent to an activating group) is 1. The van der Waals surface area contributed by atoms with Gasteiger partial charge in [-0.2, -0.15) is 0 Å². The van der Waals surface area contributed by atoms with E-state index in [1.165, 1.54) is 9.80 Å². The van der Waals surface area contributed by atoms with E-state index in [-0.39, 0.29) is 49.1 Å². The van der Waals surface area contributed by atoms with Gasteiger partial charge in [0, 0.05) is 43.4 Å². The number of carbonyl (C=O) groups is 5. The summed E-state index contributed by atoms with van der Waals surface area (Å²) in [6, 6.07) is 9.45. The van der Waals surface area contributed by atoms with Gasteiger partial charge in [0.15, 0.2) is 11.4 Å². The Bertz CT molecular complexity index is 1950. The van der Waals surface area contributed by atoms with Crippen molar-refractivity contribution in [2.45, 2.75) is 58.2 Å². The topological polar surface area (TPSA) is 220 Å². The molecule has 290 valence electrons. The number of phenols is 1. The van der Waals surface area contributed by atoms with Crippen LogP contribution in [0.2, 0.25) is 0 Å². The first-order chi connectivity index (χ1) is 25.2. The van der Waals surface area contributed by atoms with Crippen LogP contribution in [-0.4, -0.2) is 113 Å². The SMILES string of the molecule is CN(C)c1cc(CN(CC(C)(C)C)C(=O)OCOC(=O)Cc2ccccc2)c(O)c2c1C[C@H]1C[C@H]3[C@H](N(C)C)C(O)=C(C(N)=O)C(=O)[C@@]3(O)C(O)=C1C2=O. The minimum atomic E-state index is -2.78. The van der Waals surface area contributed by atoms with E-state index in [9.17, 15) is 44.4 Å². The Hall–Kier alpha value is -5.41. The maximum Gasteiger partial charge on any atom is 0.412 e. The van der Waals surface area contributed by atoms with Crippen molar-refractivity contribution in [3.8, 4) is 5.75 Å². The minimum absolute atomic E-state index is 0.0186. The zero-order chi connectivity index (χ0) is 40.0. The number of phenolic OH excluding ortho intramolecular Hbond substituents is 1. The number of esters is 1. The van der Waals surface area contributed by atoms with Crippen molar-refractivity contribution in [2.75, 3.05) is 46.4 Å². The van der Waals surface area contributed by atoms with Crippen LogP contribution in [0.15, 0.2) is 59.1 Å². The highest BCUT2D eigenvalue weighted by molar-refractivity contribution is 6.25. The van der Waals surface area contributed by atoms with Crippen LogP contribution in [0.1, 0.15) is 54.2 Å². The van der Waals surface area contributed by atoms with Gasteiger partial charge in [0.05, 0.1) is 24.6 Å². The van der Waals surface area contributed by atoms with Gasteiger partial charge in [-0.25, -0.2) is 4.79 Å². The Balaban J connectivity index is 1.50. The van der Waals surface area contributed by atoms with Crippen LogP contribution in [0, 0.1) is 17.3 Å². The Morgan fingerprint density at radius 3 is 2.22 bits per heavy atom. The fourth-order valence-corrected chi connectivity index (χ4v) is 7.89. The second kappa shape index (κ2) is 14.8. The number of ether oxygens (including phenoxy) is 2. The maximum absolute atomic E-state index is 14.5. The van der Waals surface area contributed by atoms with Gasteiger partial charge in [-0.1, -0.05) is 51.1 Å². The largest absolute Gasteiger partial charge is 0.510 e. The van der Waals surface area contributed by atoms with Crippen molar-refractivity contribution >= 4 is 35.2 Å². The molecule has 3 aliphatic rings. The van der Waals surface area contributed by atoms with Gasteiger partial charge < -0.3 is 45.4 Å². The Morgan fingerprint density at radius 2 is 1.65 bits per heavy atom. The molecule has 2 aromatic carbocycles. The van der Waals surface area contributed by atoms with E-state index < -0.39 is 88.1 Å². The summed E-state index contributed by atoms with van der Waals surface area (Å²) in [6.07, 6.45) is -0.823. The molecule has 15 nitrogen and oxygen atoms in total. The number of nitrogens with zero attached hydrogens (tertiary/aromatic N) is 3. The van der Waals surface area contributed by atoms with Crippen molar-refractivity contribution in [1.82, 2.24) is 9.80 Å². The van der Waals surface area contributed by atoms with Crippen LogP contribution in [0.5, 0.6) is 5.75 Å². The van der Waals surface area contributed by atoms with E-state index in [1.54, 1.807) is 63.4 Å². The van der Waals surface area contributed by atoms with Crippen LogP contribution >= 0.6 is 0 Å². The number of nitrogens with two attached hydrogens (primary N) is 1. The molecule has 0 fully saturated rings. The van der Waals surface area contributed by atoms with Gasteiger partial charge in [0.25, 0.3) is 5.91 Å². The lowest BCUT2D eigenvalue weighted by molar-refractivity contribution is -0.152. The minimum Gasteiger partial charge on any atom is -0.510 e. The highest BCUT2D eigenvalue weighted by Crippen LogP contribution is 2.53. The molecule has 0 bridgehead atoms. The maximum atomic E-state index is 14.5. The highest BCUT2D eigenvalue weighted by atomic mass is 16.7. The number of allylic oxidation sites excluding steroid dienone is 1. The summed E-state index contributed by atoms with van der Waals surface area (Å²) in [4.78, 5) is 70.8. The average Bonchev–Trinajstić information content (AvgIpc) is 3.06. The number of rotatable bonds is 10. The van der Waals surface area contributed by atoms with Crippen LogP contribution in [0.4, 0.5) is 10.5 Å². The smallest absolute Gasteiger partial charge is 0.412 e. The molecule has 0 aliphatic heterocycles. The molecule has 0 spiro atoms. The van der Waals surface area contributed by atoms with Crippen LogP contribution in [-0.2, 0) is 43.2 Å². The van der Waals surface area contributed by atoms with E-state index in [1.807, 2.05) is 26.8 Å². The number of hydrogen-bond acceptors (Lipinski definition) is 13. The molecule has 6 N–H and O–H groups in total. The number of amides is 2. The van der Waals surface area contributed by atoms with Crippen molar-refractivity contribution < 1.29 is 53.9 Å². The lowest BCUT2D eigenvalue weighted by Crippen LogP contribution is -2.63. The monoisotopic (exact) mass is 748 g/mol. The predicted molar refractivity (Wildman–Crippen MR) is 195 cm³/mol. The summed E-state index contributed by atoms with van der Waals surface area (Å²) in [7, 11) is 6.61. The van der Waals surface area contributed by atoms with Gasteiger partial charge in [-0.3, -0.25) is 24.1 Å². The molecule has 15 heteroatoms. The number of primary amides is 1. The summed E-state index contributed by atoms with van der Waals surface area (Å²) in [5.74, 6) is -8.10. The third kappa shape index (κ3) is 7.25. The number of aromatic hydroxyl groups is 1. The van der Waals surface area contributed by atoms with E-state index in [2.05, 4.69) is 0 Å². The van der Waals surface area contributed by atoms with Crippen LogP contribution in [0.3, 0.4) is 0 Å². The van der Waals surface area contributed by atoms with Gasteiger partial charge >= 0.3 is 12.1 Å². The van der Waals surface area contributed by atoms with E-state index in [0.717, 1.165) is 5.56 Å². The Labute approximate surface area is 313 Å². The zero-order valence-electron chi connectivity index (χ0n) is 31.5. The molecule has 4 atom stereocenters. The molecule has 0 unspecified atom stereocenters. The fraction of sp³-hybridized carbons (Fsp3) is 0.462. The molecule has 0 aromatic heterocycles. The number of anilines is 1. The molecular formula is C39H48N4O11. The summed E-state index contributed by atoms with van der Waals surface area (Å²) < 4.78 is 10.5. The average molecular weight is 749 g/mol. The first kappa shape index (κ1) is 39.8. The van der Waals surface area contributed by atoms with Crippen molar-refractivity contribution in [3.05, 3.63) is 81.3 Å². The van der Waals surface area contributed by atoms with E-state index in [4.69, 9.17) is 15.2 Å². The quantitative estimate of drug-likeness (QED) is 0.134. The number of fused-ring (bicyclic) bond motifs is 3. The number of aliphatic hydroxyl groups excluding tert-OH is 2. The third-order valence-corrected chi connectivity index (χ3v) is 10.1. The van der Waals surface area contributed by atoms with Gasteiger partial charge in [0.2, 0.25) is 12.6 Å². The first-order valence-corrected chi connectivity index (χ1v) is 17.5. The van der Waals surface area contributed by atoms with E-state index in [0.29, 0.717) is 11.3 Å². The van der Waals surface area contributed by atoms with Crippen LogP contribution in [0.25, 0.3) is 0 Å². The fourth-order valence-electron chi connectivity index (χ4n) is 7.89. The summed E-state index contributed by atoms with van der Waals surface area (Å²) in [5, 5.41) is 46.5. The molecule has 5 rings (SSSR count). The molecule has 2 amide bonds. The number of aliphatic hydroxyl groups is 3. The van der Waals surface area contributed by atoms with Crippen LogP contribution < -0.4 is 10.6 Å². The molecule has 0 radical (unpaired) electrons. The Morgan fingerprint density at radius 1 is 1.00 bits per heavy atom. The van der Waals surface area contributed by atoms with Gasteiger partial charge in [0.1, 0.15) is 22.8 Å². The molecule has 0 saturated carbocycles. The molecule has 2 aromatic rings. The summed E-state index contributed by atoms with van der Waals surface area (Å²) >= 11 is 0. The van der Waals surface area contributed by atoms with Gasteiger partial charge in [-0.15, -0.1) is 0 Å². The summed E-state index contributed by atoms with van der Waals surface area (Å²) in [5.41, 5.74) is 2.69. The number of ketones is 2. The predicted octanol–water partition coefficient (Wildman–Crippen LogP) is 2.91. The normalized spacial score (nSPS) is 22.4. The lowest BCUT2D eigenvalue weighted by atomic mass is 9.58. The second-order valence-corrected chi connectivity index (χ2v) is 15.7. The molecular weight excluding hydrogens is 700 g/mol. The molecule has 54 heavy (non-hydrogen) atoms. The lowest BCUT2D eigenvalue weighted by Gasteiger charge is -2.50. The van der Waals surface area contributed by atoms with Crippen molar-refractivity contribution in [3.63, 3.8) is 0 Å². The molecule has 3 aliphatic carbocycles. The standard InChI is InChI=1S/C39H48N4O11/c1-38(2,3)18-43(37(51)54-19-53-26(44)13-20-11-9-8-10-12-20)17-22-16-25(41(4)5)23-14-21-15-24-30(42(6)7)33(47)29(36(40)50)35(49)39(24,52)34(48)27(21)32(46)28(23)31(22)45/h8-12,16,21,24,30,45,47-48,52H,13-15,17-19H2,1-7H3,(H2,40,50)/t21-,24-,30-,39-/m0/s1. The summed E-state index contributed by atoms with van der Waals surface area (Å²) in [6.45, 7) is 4.90. The van der Waals surface area contributed by atoms with Crippen molar-refractivity contribution in [2.24, 2.45) is 23.0 Å².